The van der Waals surface area contributed by atoms with Gasteiger partial charge in [0.25, 0.3) is 5.91 Å². The lowest BCUT2D eigenvalue weighted by Crippen LogP contribution is -2.15. The van der Waals surface area contributed by atoms with Crippen molar-refractivity contribution in [2.75, 3.05) is 11.1 Å². The molecular formula is C15H12N4O. The van der Waals surface area contributed by atoms with Crippen LogP contribution in [0.3, 0.4) is 0 Å². The number of carbonyl (C=O) groups is 1. The molecule has 0 aliphatic rings. The molecule has 0 saturated carbocycles. The molecule has 0 saturated heterocycles. The molecule has 2 heterocycles. The summed E-state index contributed by atoms with van der Waals surface area (Å²) < 4.78 is 0. The van der Waals surface area contributed by atoms with Crippen LogP contribution in [0.5, 0.6) is 0 Å². The van der Waals surface area contributed by atoms with Gasteiger partial charge >= 0.3 is 0 Å². The topological polar surface area (TPSA) is 80.9 Å². The number of fused-ring (bicyclic) bond motifs is 1. The Bertz CT molecular complexity index is 771. The summed E-state index contributed by atoms with van der Waals surface area (Å²) in [5, 5.41) is 4.40. The molecule has 0 spiro atoms. The van der Waals surface area contributed by atoms with E-state index >= 15 is 0 Å². The predicted octanol–water partition coefficient (Wildman–Crippen LogP) is 2.46. The number of benzene rings is 1. The summed E-state index contributed by atoms with van der Waals surface area (Å²) in [5.74, 6) is 0.487. The highest BCUT2D eigenvalue weighted by Crippen LogP contribution is 2.20. The Morgan fingerprint density at radius 2 is 1.90 bits per heavy atom. The maximum Gasteiger partial charge on any atom is 0.275 e. The number of rotatable bonds is 2. The van der Waals surface area contributed by atoms with E-state index in [9.17, 15) is 4.79 Å². The quantitative estimate of drug-likeness (QED) is 0.745. The third-order valence-corrected chi connectivity index (χ3v) is 2.91. The lowest BCUT2D eigenvalue weighted by atomic mass is 10.1. The summed E-state index contributed by atoms with van der Waals surface area (Å²) in [6, 6.07) is 14.5. The van der Waals surface area contributed by atoms with Gasteiger partial charge in [0, 0.05) is 11.6 Å². The predicted molar refractivity (Wildman–Crippen MR) is 78.3 cm³/mol. The number of nitrogens with two attached hydrogens (primary N) is 1. The SMILES string of the molecule is Nc1nc(C(=O)Nc2ccccn2)cc2ccccc12. The van der Waals surface area contributed by atoms with Gasteiger partial charge < -0.3 is 11.1 Å². The molecule has 3 rings (SSSR count). The Hall–Kier alpha value is -2.95. The first-order valence-electron chi connectivity index (χ1n) is 6.12. The molecule has 1 amide bonds. The monoisotopic (exact) mass is 264 g/mol. The van der Waals surface area contributed by atoms with Crippen LogP contribution in [-0.2, 0) is 0 Å². The Morgan fingerprint density at radius 3 is 2.70 bits per heavy atom. The van der Waals surface area contributed by atoms with Crippen LogP contribution in [0.1, 0.15) is 10.5 Å². The third-order valence-electron chi connectivity index (χ3n) is 2.91. The van der Waals surface area contributed by atoms with Crippen molar-refractivity contribution in [3.05, 3.63) is 60.4 Å². The zero-order valence-electron chi connectivity index (χ0n) is 10.6. The highest BCUT2D eigenvalue weighted by Gasteiger charge is 2.11. The Kier molecular flexibility index (Phi) is 3.01. The number of pyridine rings is 2. The van der Waals surface area contributed by atoms with Crippen molar-refractivity contribution in [3.63, 3.8) is 0 Å². The molecule has 0 unspecified atom stereocenters. The first kappa shape index (κ1) is 12.1. The van der Waals surface area contributed by atoms with Gasteiger partial charge in [-0.2, -0.15) is 0 Å². The number of anilines is 2. The minimum absolute atomic E-state index is 0.270. The highest BCUT2D eigenvalue weighted by atomic mass is 16.1. The van der Waals surface area contributed by atoms with Crippen molar-refractivity contribution in [2.24, 2.45) is 0 Å². The van der Waals surface area contributed by atoms with Gasteiger partial charge in [-0.3, -0.25) is 4.79 Å². The average Bonchev–Trinajstić information content (AvgIpc) is 2.48. The van der Waals surface area contributed by atoms with Gasteiger partial charge in [0.05, 0.1) is 0 Å². The smallest absolute Gasteiger partial charge is 0.275 e. The second kappa shape index (κ2) is 4.97. The van der Waals surface area contributed by atoms with E-state index < -0.39 is 0 Å². The van der Waals surface area contributed by atoms with E-state index in [4.69, 9.17) is 5.73 Å². The number of carbonyl (C=O) groups excluding carboxylic acids is 1. The number of aromatic nitrogens is 2. The molecule has 2 aromatic heterocycles. The normalized spacial score (nSPS) is 10.4. The Labute approximate surface area is 115 Å². The van der Waals surface area contributed by atoms with Gasteiger partial charge in [0.2, 0.25) is 0 Å². The minimum Gasteiger partial charge on any atom is -0.383 e. The summed E-state index contributed by atoms with van der Waals surface area (Å²) in [6.45, 7) is 0. The second-order valence-corrected chi connectivity index (χ2v) is 4.28. The zero-order chi connectivity index (χ0) is 13.9. The van der Waals surface area contributed by atoms with E-state index in [0.29, 0.717) is 11.6 Å². The van der Waals surface area contributed by atoms with Gasteiger partial charge in [-0.15, -0.1) is 0 Å². The van der Waals surface area contributed by atoms with Crippen LogP contribution in [0.15, 0.2) is 54.7 Å². The van der Waals surface area contributed by atoms with Crippen LogP contribution >= 0.6 is 0 Å². The van der Waals surface area contributed by atoms with Crippen LogP contribution in [0.2, 0.25) is 0 Å². The summed E-state index contributed by atoms with van der Waals surface area (Å²) in [5.41, 5.74) is 6.15. The number of nitrogens with one attached hydrogen (secondary N) is 1. The largest absolute Gasteiger partial charge is 0.383 e. The lowest BCUT2D eigenvalue weighted by Gasteiger charge is -2.06. The highest BCUT2D eigenvalue weighted by molar-refractivity contribution is 6.05. The number of nitrogen functional groups attached to an aromatic ring is 1. The van der Waals surface area contributed by atoms with Gasteiger partial charge in [0.1, 0.15) is 17.3 Å². The molecule has 1 aromatic carbocycles. The molecule has 0 aliphatic carbocycles. The van der Waals surface area contributed by atoms with Crippen molar-refractivity contribution in [2.45, 2.75) is 0 Å². The third kappa shape index (κ3) is 2.29. The maximum absolute atomic E-state index is 12.1. The molecule has 0 aliphatic heterocycles. The van der Waals surface area contributed by atoms with Gasteiger partial charge in [-0.1, -0.05) is 30.3 Å². The van der Waals surface area contributed by atoms with Crippen molar-refractivity contribution in [1.82, 2.24) is 9.97 Å². The van der Waals surface area contributed by atoms with E-state index in [2.05, 4.69) is 15.3 Å². The first-order valence-corrected chi connectivity index (χ1v) is 6.12. The number of nitrogens with zero attached hydrogens (tertiary/aromatic N) is 2. The molecule has 5 heteroatoms. The number of amides is 1. The molecule has 0 fully saturated rings. The van der Waals surface area contributed by atoms with E-state index in [1.165, 1.54) is 0 Å². The lowest BCUT2D eigenvalue weighted by molar-refractivity contribution is 0.102. The Morgan fingerprint density at radius 1 is 1.10 bits per heavy atom. The molecule has 20 heavy (non-hydrogen) atoms. The average molecular weight is 264 g/mol. The Balaban J connectivity index is 1.96. The number of hydrogen-bond acceptors (Lipinski definition) is 4. The molecule has 3 aromatic rings. The van der Waals surface area contributed by atoms with Gasteiger partial charge in [0.15, 0.2) is 0 Å². The minimum atomic E-state index is -0.332. The van der Waals surface area contributed by atoms with Crippen molar-refractivity contribution in [1.29, 1.82) is 0 Å². The molecule has 98 valence electrons. The zero-order valence-corrected chi connectivity index (χ0v) is 10.6. The molecule has 0 atom stereocenters. The summed E-state index contributed by atoms with van der Waals surface area (Å²) >= 11 is 0. The van der Waals surface area contributed by atoms with Crippen LogP contribution in [-0.4, -0.2) is 15.9 Å². The summed E-state index contributed by atoms with van der Waals surface area (Å²) in [6.07, 6.45) is 1.61. The van der Waals surface area contributed by atoms with Crippen LogP contribution < -0.4 is 11.1 Å². The fraction of sp³-hybridized carbons (Fsp3) is 0. The van der Waals surface area contributed by atoms with E-state index in [-0.39, 0.29) is 11.6 Å². The van der Waals surface area contributed by atoms with Crippen LogP contribution in [0.4, 0.5) is 11.6 Å². The van der Waals surface area contributed by atoms with Crippen molar-refractivity contribution >= 4 is 28.3 Å². The van der Waals surface area contributed by atoms with Crippen molar-refractivity contribution in [3.8, 4) is 0 Å². The first-order chi connectivity index (χ1) is 9.74. The van der Waals surface area contributed by atoms with E-state index in [1.54, 1.807) is 30.5 Å². The van der Waals surface area contributed by atoms with E-state index in [0.717, 1.165) is 10.8 Å². The van der Waals surface area contributed by atoms with Gasteiger partial charge in [-0.05, 0) is 23.6 Å². The van der Waals surface area contributed by atoms with Crippen LogP contribution in [0.25, 0.3) is 10.8 Å². The van der Waals surface area contributed by atoms with Crippen molar-refractivity contribution < 1.29 is 4.79 Å². The number of hydrogen-bond donors (Lipinski definition) is 2. The standard InChI is InChI=1S/C15H12N4O/c16-14-11-6-2-1-5-10(11)9-12(18-14)15(20)19-13-7-3-4-8-17-13/h1-9H,(H2,16,18)(H,17,19,20). The van der Waals surface area contributed by atoms with Crippen LogP contribution in [0, 0.1) is 0 Å². The van der Waals surface area contributed by atoms with E-state index in [1.807, 2.05) is 24.3 Å². The second-order valence-electron chi connectivity index (χ2n) is 4.28. The molecule has 0 bridgehead atoms. The van der Waals surface area contributed by atoms with Gasteiger partial charge in [-0.25, -0.2) is 9.97 Å². The molecular weight excluding hydrogens is 252 g/mol. The summed E-state index contributed by atoms with van der Waals surface area (Å²) in [7, 11) is 0. The molecule has 5 nitrogen and oxygen atoms in total. The molecule has 3 N–H and O–H groups in total. The fourth-order valence-corrected chi connectivity index (χ4v) is 1.96. The molecule has 0 radical (unpaired) electrons. The maximum atomic E-state index is 12.1. The fourth-order valence-electron chi connectivity index (χ4n) is 1.96. The summed E-state index contributed by atoms with van der Waals surface area (Å²) in [4.78, 5) is 20.3.